The van der Waals surface area contributed by atoms with Gasteiger partial charge in [0.25, 0.3) is 0 Å². The molecule has 3 rings (SSSR count). The lowest BCUT2D eigenvalue weighted by Crippen LogP contribution is -2.48. The minimum atomic E-state index is -3.11. The molecule has 2 aliphatic heterocycles. The van der Waals surface area contributed by atoms with Crippen molar-refractivity contribution >= 4 is 33.5 Å². The number of rotatable bonds is 5. The van der Waals surface area contributed by atoms with Crippen LogP contribution in [0.5, 0.6) is 0 Å². The maximum absolute atomic E-state index is 11.6. The zero-order valence-corrected chi connectivity index (χ0v) is 18.3. The molecule has 0 N–H and O–H groups in total. The van der Waals surface area contributed by atoms with Crippen molar-refractivity contribution in [1.29, 1.82) is 0 Å². The van der Waals surface area contributed by atoms with Crippen LogP contribution in [0.4, 0.5) is 5.82 Å². The summed E-state index contributed by atoms with van der Waals surface area (Å²) in [6, 6.07) is 0. The van der Waals surface area contributed by atoms with E-state index >= 15 is 0 Å². The topological polar surface area (TPSA) is 78.9 Å². The Balaban J connectivity index is 1.70. The Hall–Kier alpha value is -1.26. The number of hydrogen-bond acceptors (Lipinski definition) is 7. The first-order valence-electron chi connectivity index (χ1n) is 9.45. The molecule has 8 nitrogen and oxygen atoms in total. The summed E-state index contributed by atoms with van der Waals surface area (Å²) in [5, 5.41) is 0.243. The van der Waals surface area contributed by atoms with Gasteiger partial charge in [-0.1, -0.05) is 5.57 Å². The van der Waals surface area contributed by atoms with E-state index in [-0.39, 0.29) is 5.28 Å². The molecule has 156 valence electrons. The third kappa shape index (κ3) is 5.42. The fourth-order valence-corrected chi connectivity index (χ4v) is 4.57. The summed E-state index contributed by atoms with van der Waals surface area (Å²) in [5.41, 5.74) is 2.99. The minimum Gasteiger partial charge on any atom is -0.378 e. The molecule has 0 aromatic carbocycles. The Bertz CT molecular complexity index is 832. The van der Waals surface area contributed by atoms with Crippen molar-refractivity contribution in [2.45, 2.75) is 13.8 Å². The summed E-state index contributed by atoms with van der Waals surface area (Å²) in [7, 11) is -3.11. The van der Waals surface area contributed by atoms with E-state index in [9.17, 15) is 8.42 Å². The maximum atomic E-state index is 11.6. The molecule has 28 heavy (non-hydrogen) atoms. The van der Waals surface area contributed by atoms with Crippen molar-refractivity contribution in [2.75, 3.05) is 70.2 Å². The summed E-state index contributed by atoms with van der Waals surface area (Å²) in [5.74, 6) is 0.865. The Kier molecular flexibility index (Phi) is 6.93. The molecule has 0 spiro atoms. The van der Waals surface area contributed by atoms with Crippen molar-refractivity contribution in [3.05, 3.63) is 22.1 Å². The van der Waals surface area contributed by atoms with Crippen LogP contribution in [0.3, 0.4) is 0 Å². The normalized spacial score (nSPS) is 20.6. The van der Waals surface area contributed by atoms with E-state index in [0.29, 0.717) is 26.3 Å². The van der Waals surface area contributed by atoms with Crippen LogP contribution in [0.2, 0.25) is 5.28 Å². The highest BCUT2D eigenvalue weighted by Gasteiger charge is 2.23. The Labute approximate surface area is 172 Å². The second-order valence-corrected chi connectivity index (χ2v) is 9.68. The van der Waals surface area contributed by atoms with Gasteiger partial charge < -0.3 is 9.64 Å². The molecule has 3 heterocycles. The van der Waals surface area contributed by atoms with Gasteiger partial charge in [0, 0.05) is 51.4 Å². The maximum Gasteiger partial charge on any atom is 0.224 e. The highest BCUT2D eigenvalue weighted by atomic mass is 35.5. The molecule has 2 aliphatic rings. The van der Waals surface area contributed by atoms with Crippen molar-refractivity contribution < 1.29 is 13.2 Å². The predicted molar refractivity (Wildman–Crippen MR) is 111 cm³/mol. The van der Waals surface area contributed by atoms with Crippen molar-refractivity contribution in [3.63, 3.8) is 0 Å². The smallest absolute Gasteiger partial charge is 0.224 e. The molecule has 2 saturated heterocycles. The molecule has 0 unspecified atom stereocenters. The highest BCUT2D eigenvalue weighted by Crippen LogP contribution is 2.24. The Morgan fingerprint density at radius 1 is 1.14 bits per heavy atom. The first-order chi connectivity index (χ1) is 13.2. The van der Waals surface area contributed by atoms with Crippen LogP contribution in [0.1, 0.15) is 18.2 Å². The summed E-state index contributed by atoms with van der Waals surface area (Å²) in [4.78, 5) is 13.3. The second-order valence-electron chi connectivity index (χ2n) is 7.35. The molecular formula is C18H28ClN5O3S. The van der Waals surface area contributed by atoms with Gasteiger partial charge in [-0.3, -0.25) is 4.90 Å². The monoisotopic (exact) mass is 429 g/mol. The van der Waals surface area contributed by atoms with E-state index in [1.165, 1.54) is 10.6 Å². The highest BCUT2D eigenvalue weighted by molar-refractivity contribution is 7.88. The standard InChI is InChI=1S/C18H28ClN5O3S/c1-14(13-22-4-6-24(7-5-22)28(3,25)26)12-16-15(2)17(21-18(19)20-16)23-8-10-27-11-9-23/h12H,4-11,13H2,1-3H3/b14-12+. The van der Waals surface area contributed by atoms with Gasteiger partial charge in [0.1, 0.15) is 5.82 Å². The summed E-state index contributed by atoms with van der Waals surface area (Å²) >= 11 is 6.19. The van der Waals surface area contributed by atoms with Gasteiger partial charge in [-0.05, 0) is 31.5 Å². The van der Waals surface area contributed by atoms with Gasteiger partial charge in [-0.25, -0.2) is 18.4 Å². The number of anilines is 1. The van der Waals surface area contributed by atoms with Gasteiger partial charge >= 0.3 is 0 Å². The fourth-order valence-electron chi connectivity index (χ4n) is 3.57. The zero-order chi connectivity index (χ0) is 20.3. The van der Waals surface area contributed by atoms with Gasteiger partial charge in [-0.2, -0.15) is 4.31 Å². The predicted octanol–water partition coefficient (Wildman–Crippen LogP) is 1.26. The molecule has 1 aromatic heterocycles. The SMILES string of the molecule is C/C(=C\c1nc(Cl)nc(N2CCOCC2)c1C)CN1CCN(S(C)(=O)=O)CC1. The zero-order valence-electron chi connectivity index (χ0n) is 16.7. The summed E-state index contributed by atoms with van der Waals surface area (Å²) in [6.07, 6.45) is 3.32. The van der Waals surface area contributed by atoms with Crippen LogP contribution in [0.25, 0.3) is 6.08 Å². The van der Waals surface area contributed by atoms with Gasteiger partial charge in [0.05, 0.1) is 25.2 Å². The first-order valence-corrected chi connectivity index (χ1v) is 11.7. The molecule has 1 aromatic rings. The fraction of sp³-hybridized carbons (Fsp3) is 0.667. The van der Waals surface area contributed by atoms with E-state index in [2.05, 4.69) is 32.8 Å². The van der Waals surface area contributed by atoms with E-state index in [1.807, 2.05) is 6.92 Å². The third-order valence-electron chi connectivity index (χ3n) is 5.10. The number of hydrogen-bond donors (Lipinski definition) is 0. The molecule has 10 heteroatoms. The average Bonchev–Trinajstić information content (AvgIpc) is 2.65. The molecule has 0 amide bonds. The molecular weight excluding hydrogens is 402 g/mol. The molecule has 0 bridgehead atoms. The van der Waals surface area contributed by atoms with Crippen LogP contribution in [0, 0.1) is 6.92 Å². The van der Waals surface area contributed by atoms with Crippen molar-refractivity contribution in [1.82, 2.24) is 19.2 Å². The number of nitrogens with zero attached hydrogens (tertiary/aromatic N) is 5. The molecule has 0 radical (unpaired) electrons. The largest absolute Gasteiger partial charge is 0.378 e. The van der Waals surface area contributed by atoms with Crippen LogP contribution in [-0.2, 0) is 14.8 Å². The van der Waals surface area contributed by atoms with E-state index < -0.39 is 10.0 Å². The molecule has 0 aliphatic carbocycles. The minimum absolute atomic E-state index is 0.243. The number of ether oxygens (including phenoxy) is 1. The average molecular weight is 430 g/mol. The molecule has 0 saturated carbocycles. The summed E-state index contributed by atoms with van der Waals surface area (Å²) < 4.78 is 30.2. The Morgan fingerprint density at radius 3 is 2.39 bits per heavy atom. The van der Waals surface area contributed by atoms with Crippen molar-refractivity contribution in [2.24, 2.45) is 0 Å². The van der Waals surface area contributed by atoms with Gasteiger partial charge in [0.15, 0.2) is 0 Å². The first kappa shape index (κ1) is 21.4. The second kappa shape index (κ2) is 9.04. The number of piperazine rings is 1. The van der Waals surface area contributed by atoms with E-state index in [0.717, 1.165) is 55.4 Å². The van der Waals surface area contributed by atoms with Crippen LogP contribution in [-0.4, -0.2) is 92.9 Å². The van der Waals surface area contributed by atoms with E-state index in [4.69, 9.17) is 16.3 Å². The number of halogens is 1. The third-order valence-corrected chi connectivity index (χ3v) is 6.57. The van der Waals surface area contributed by atoms with Crippen LogP contribution >= 0.6 is 11.6 Å². The van der Waals surface area contributed by atoms with Crippen LogP contribution < -0.4 is 4.90 Å². The lowest BCUT2D eigenvalue weighted by atomic mass is 10.1. The molecule has 2 fully saturated rings. The van der Waals surface area contributed by atoms with Gasteiger partial charge in [0.2, 0.25) is 15.3 Å². The number of sulfonamides is 1. The van der Waals surface area contributed by atoms with Crippen LogP contribution in [0.15, 0.2) is 5.57 Å². The van der Waals surface area contributed by atoms with Gasteiger partial charge in [-0.15, -0.1) is 0 Å². The quantitative estimate of drug-likeness (QED) is 0.652. The van der Waals surface area contributed by atoms with E-state index in [1.54, 1.807) is 0 Å². The lowest BCUT2D eigenvalue weighted by Gasteiger charge is -2.33. The van der Waals surface area contributed by atoms with Crippen molar-refractivity contribution in [3.8, 4) is 0 Å². The molecule has 0 atom stereocenters. The summed E-state index contributed by atoms with van der Waals surface area (Å²) in [6.45, 7) is 10.3. The number of aromatic nitrogens is 2. The lowest BCUT2D eigenvalue weighted by molar-refractivity contribution is 0.122. The number of morpholine rings is 1. The Morgan fingerprint density at radius 2 is 1.79 bits per heavy atom.